The molecule has 8 heteroatoms. The van der Waals surface area contributed by atoms with Gasteiger partial charge >= 0.3 is 0 Å². The third-order valence-electron chi connectivity index (χ3n) is 4.75. The van der Waals surface area contributed by atoms with Crippen molar-refractivity contribution in [2.75, 3.05) is 19.3 Å². The van der Waals surface area contributed by atoms with E-state index in [4.69, 9.17) is 0 Å². The Kier molecular flexibility index (Phi) is 5.79. The van der Waals surface area contributed by atoms with Gasteiger partial charge in [-0.1, -0.05) is 18.2 Å². The van der Waals surface area contributed by atoms with Gasteiger partial charge in [-0.25, -0.2) is 12.8 Å². The van der Waals surface area contributed by atoms with E-state index in [-0.39, 0.29) is 33.9 Å². The summed E-state index contributed by atoms with van der Waals surface area (Å²) in [5.74, 6) is -1.26. The van der Waals surface area contributed by atoms with Crippen LogP contribution in [0.2, 0.25) is 0 Å². The largest absolute Gasteiger partial charge is 0.349 e. The third kappa shape index (κ3) is 4.56. The minimum Gasteiger partial charge on any atom is -0.349 e. The fourth-order valence-electron chi connectivity index (χ4n) is 3.17. The zero-order chi connectivity index (χ0) is 20.3. The smallest absolute Gasteiger partial charge is 0.256 e. The van der Waals surface area contributed by atoms with E-state index in [0.717, 1.165) is 6.26 Å². The molecule has 0 radical (unpaired) electrons. The van der Waals surface area contributed by atoms with Gasteiger partial charge in [0, 0.05) is 31.0 Å². The summed E-state index contributed by atoms with van der Waals surface area (Å²) in [6.07, 6.45) is 2.17. The number of carbonyl (C=O) groups excluding carboxylic acids is 2. The zero-order valence-electron chi connectivity index (χ0n) is 15.4. The highest BCUT2D eigenvalue weighted by Gasteiger charge is 2.26. The van der Waals surface area contributed by atoms with E-state index >= 15 is 0 Å². The fraction of sp³-hybridized carbons (Fsp3) is 0.300. The second kappa shape index (κ2) is 8.10. The number of nitrogens with one attached hydrogen (secondary N) is 1. The summed E-state index contributed by atoms with van der Waals surface area (Å²) < 4.78 is 37.1. The van der Waals surface area contributed by atoms with Gasteiger partial charge in [-0.2, -0.15) is 0 Å². The average molecular weight is 404 g/mol. The summed E-state index contributed by atoms with van der Waals surface area (Å²) in [5, 5.41) is 2.88. The standard InChI is InChI=1S/C20H21FN2O4S/c1-28(26,27)16-6-4-5-14(13-16)19(24)22-15-9-11-23(12-10-15)20(25)17-7-2-3-8-18(17)21/h2-8,13,15H,9-12H2,1H3,(H,22,24). The van der Waals surface area contributed by atoms with Gasteiger partial charge < -0.3 is 10.2 Å². The molecular weight excluding hydrogens is 383 g/mol. The number of hydrogen-bond acceptors (Lipinski definition) is 4. The Morgan fingerprint density at radius 2 is 1.75 bits per heavy atom. The van der Waals surface area contributed by atoms with Gasteiger partial charge in [0.2, 0.25) is 0 Å². The van der Waals surface area contributed by atoms with Crippen molar-refractivity contribution in [3.63, 3.8) is 0 Å². The summed E-state index contributed by atoms with van der Waals surface area (Å²) in [7, 11) is -3.39. The molecule has 0 aromatic heterocycles. The normalized spacial score (nSPS) is 15.3. The van der Waals surface area contributed by atoms with Crippen LogP contribution >= 0.6 is 0 Å². The van der Waals surface area contributed by atoms with Crippen LogP contribution in [0.4, 0.5) is 4.39 Å². The Morgan fingerprint density at radius 3 is 2.39 bits per heavy atom. The molecule has 1 fully saturated rings. The Balaban J connectivity index is 1.59. The predicted molar refractivity (Wildman–Crippen MR) is 102 cm³/mol. The van der Waals surface area contributed by atoms with Crippen molar-refractivity contribution in [2.45, 2.75) is 23.8 Å². The zero-order valence-corrected chi connectivity index (χ0v) is 16.2. The van der Waals surface area contributed by atoms with Crippen LogP contribution in [-0.2, 0) is 9.84 Å². The fourth-order valence-corrected chi connectivity index (χ4v) is 3.84. The first-order valence-electron chi connectivity index (χ1n) is 8.90. The van der Waals surface area contributed by atoms with Crippen molar-refractivity contribution in [1.29, 1.82) is 0 Å². The Hall–Kier alpha value is -2.74. The van der Waals surface area contributed by atoms with Crippen molar-refractivity contribution < 1.29 is 22.4 Å². The van der Waals surface area contributed by atoms with Gasteiger partial charge in [-0.3, -0.25) is 9.59 Å². The van der Waals surface area contributed by atoms with Gasteiger partial charge in [-0.15, -0.1) is 0 Å². The molecule has 1 aliphatic heterocycles. The lowest BCUT2D eigenvalue weighted by Crippen LogP contribution is -2.46. The topological polar surface area (TPSA) is 83.6 Å². The van der Waals surface area contributed by atoms with E-state index in [2.05, 4.69) is 5.32 Å². The number of likely N-dealkylation sites (tertiary alicyclic amines) is 1. The molecule has 3 rings (SSSR count). The molecule has 148 valence electrons. The minimum atomic E-state index is -3.39. The molecule has 0 bridgehead atoms. The third-order valence-corrected chi connectivity index (χ3v) is 5.86. The van der Waals surface area contributed by atoms with Crippen molar-refractivity contribution in [1.82, 2.24) is 10.2 Å². The van der Waals surface area contributed by atoms with E-state index in [1.165, 1.54) is 36.4 Å². The van der Waals surface area contributed by atoms with Gasteiger partial charge in [0.25, 0.3) is 11.8 Å². The van der Waals surface area contributed by atoms with Crippen LogP contribution in [0.25, 0.3) is 0 Å². The highest BCUT2D eigenvalue weighted by Crippen LogP contribution is 2.17. The van der Waals surface area contributed by atoms with Gasteiger partial charge in [0.1, 0.15) is 5.82 Å². The molecule has 0 saturated carbocycles. The number of piperidine rings is 1. The number of carbonyl (C=O) groups is 2. The summed E-state index contributed by atoms with van der Waals surface area (Å²) >= 11 is 0. The van der Waals surface area contributed by atoms with E-state index in [0.29, 0.717) is 25.9 Å². The maximum absolute atomic E-state index is 13.8. The van der Waals surface area contributed by atoms with E-state index < -0.39 is 15.7 Å². The maximum atomic E-state index is 13.8. The molecule has 0 spiro atoms. The molecule has 2 aromatic rings. The minimum absolute atomic E-state index is 0.0441. The molecule has 1 N–H and O–H groups in total. The maximum Gasteiger partial charge on any atom is 0.256 e. The molecule has 0 aliphatic carbocycles. The van der Waals surface area contributed by atoms with E-state index in [1.807, 2.05) is 0 Å². The monoisotopic (exact) mass is 404 g/mol. The Labute approximate surface area is 163 Å². The molecule has 1 aliphatic rings. The molecule has 1 saturated heterocycles. The Bertz CT molecular complexity index is 999. The molecule has 0 unspecified atom stereocenters. The summed E-state index contributed by atoms with van der Waals surface area (Å²) in [4.78, 5) is 26.5. The van der Waals surface area contributed by atoms with Crippen LogP contribution in [-0.4, -0.2) is 50.5 Å². The Morgan fingerprint density at radius 1 is 1.07 bits per heavy atom. The molecule has 0 atom stereocenters. The first-order valence-corrected chi connectivity index (χ1v) is 10.8. The van der Waals surface area contributed by atoms with Crippen molar-refractivity contribution in [3.8, 4) is 0 Å². The molecule has 2 amide bonds. The SMILES string of the molecule is CS(=O)(=O)c1cccc(C(=O)NC2CCN(C(=O)c3ccccc3F)CC2)c1. The first kappa shape index (κ1) is 20.0. The number of hydrogen-bond donors (Lipinski definition) is 1. The lowest BCUT2D eigenvalue weighted by Gasteiger charge is -2.32. The van der Waals surface area contributed by atoms with Crippen molar-refractivity contribution >= 4 is 21.7 Å². The van der Waals surface area contributed by atoms with Crippen LogP contribution in [0.5, 0.6) is 0 Å². The number of amides is 2. The second-order valence-electron chi connectivity index (χ2n) is 6.82. The summed E-state index contributed by atoms with van der Waals surface area (Å²) in [6, 6.07) is 11.6. The highest BCUT2D eigenvalue weighted by atomic mass is 32.2. The van der Waals surface area contributed by atoms with Crippen LogP contribution in [0.15, 0.2) is 53.4 Å². The molecule has 1 heterocycles. The van der Waals surface area contributed by atoms with Crippen LogP contribution in [0, 0.1) is 5.82 Å². The molecule has 2 aromatic carbocycles. The van der Waals surface area contributed by atoms with Crippen LogP contribution < -0.4 is 5.32 Å². The summed E-state index contributed by atoms with van der Waals surface area (Å²) in [6.45, 7) is 0.809. The lowest BCUT2D eigenvalue weighted by atomic mass is 10.0. The lowest BCUT2D eigenvalue weighted by molar-refractivity contribution is 0.0693. The molecule has 28 heavy (non-hydrogen) atoms. The van der Waals surface area contributed by atoms with E-state index in [9.17, 15) is 22.4 Å². The first-order chi connectivity index (χ1) is 13.3. The number of sulfone groups is 1. The number of rotatable bonds is 4. The number of benzene rings is 2. The van der Waals surface area contributed by atoms with Crippen LogP contribution in [0.1, 0.15) is 33.6 Å². The predicted octanol–water partition coefficient (Wildman–Crippen LogP) is 2.26. The summed E-state index contributed by atoms with van der Waals surface area (Å²) in [5.41, 5.74) is 0.315. The highest BCUT2D eigenvalue weighted by molar-refractivity contribution is 7.90. The van der Waals surface area contributed by atoms with Crippen molar-refractivity contribution in [3.05, 3.63) is 65.5 Å². The van der Waals surface area contributed by atoms with E-state index in [1.54, 1.807) is 17.0 Å². The van der Waals surface area contributed by atoms with Crippen molar-refractivity contribution in [2.24, 2.45) is 0 Å². The molecular formula is C20H21FN2O4S. The second-order valence-corrected chi connectivity index (χ2v) is 8.84. The van der Waals surface area contributed by atoms with Gasteiger partial charge in [0.05, 0.1) is 10.5 Å². The quantitative estimate of drug-likeness (QED) is 0.847. The average Bonchev–Trinajstić information content (AvgIpc) is 2.68. The number of halogens is 1. The number of nitrogens with zero attached hydrogens (tertiary/aromatic N) is 1. The van der Waals surface area contributed by atoms with Gasteiger partial charge in [0.15, 0.2) is 9.84 Å². The van der Waals surface area contributed by atoms with Gasteiger partial charge in [-0.05, 0) is 43.2 Å². The molecule has 6 nitrogen and oxygen atoms in total. The van der Waals surface area contributed by atoms with Crippen LogP contribution in [0.3, 0.4) is 0 Å².